The van der Waals surface area contributed by atoms with Gasteiger partial charge in [-0.3, -0.25) is 0 Å². The van der Waals surface area contributed by atoms with Crippen LogP contribution in [0.4, 0.5) is 0 Å². The van der Waals surface area contributed by atoms with Gasteiger partial charge in [0.05, 0.1) is 12.3 Å². The first-order chi connectivity index (χ1) is 11.9. The van der Waals surface area contributed by atoms with Crippen LogP contribution in [0.3, 0.4) is 0 Å². The minimum absolute atomic E-state index is 0.177. The summed E-state index contributed by atoms with van der Waals surface area (Å²) in [5.41, 5.74) is 6.10. The molecule has 0 aliphatic carbocycles. The van der Waals surface area contributed by atoms with Crippen LogP contribution in [0.5, 0.6) is 5.88 Å². The summed E-state index contributed by atoms with van der Waals surface area (Å²) in [6.07, 6.45) is 3.97. The lowest BCUT2D eigenvalue weighted by molar-refractivity contribution is 0.180. The van der Waals surface area contributed by atoms with Crippen LogP contribution >= 0.6 is 11.6 Å². The highest BCUT2D eigenvalue weighted by Gasteiger charge is 2.17. The van der Waals surface area contributed by atoms with E-state index in [9.17, 15) is 0 Å². The number of fused-ring (bicyclic) bond motifs is 1. The largest absolute Gasteiger partial charge is 0.474 e. The lowest BCUT2D eigenvalue weighted by Gasteiger charge is -2.16. The molecule has 0 fully saturated rings. The fourth-order valence-electron chi connectivity index (χ4n) is 3.27. The van der Waals surface area contributed by atoms with Gasteiger partial charge < -0.3 is 4.74 Å². The van der Waals surface area contributed by atoms with Crippen molar-refractivity contribution in [1.29, 1.82) is 0 Å². The highest BCUT2D eigenvalue weighted by molar-refractivity contribution is 6.30. The number of ether oxygens (including phenoxy) is 1. The van der Waals surface area contributed by atoms with Crippen LogP contribution in [0.15, 0.2) is 24.4 Å². The van der Waals surface area contributed by atoms with E-state index in [0.29, 0.717) is 0 Å². The van der Waals surface area contributed by atoms with Gasteiger partial charge in [0.25, 0.3) is 0 Å². The Balaban J connectivity index is 2.19. The van der Waals surface area contributed by atoms with Gasteiger partial charge in [0.2, 0.25) is 5.88 Å². The van der Waals surface area contributed by atoms with Crippen molar-refractivity contribution in [2.75, 3.05) is 0 Å². The van der Waals surface area contributed by atoms with Gasteiger partial charge in [-0.15, -0.1) is 0 Å². The summed E-state index contributed by atoms with van der Waals surface area (Å²) in [7, 11) is 0. The topological polar surface area (TPSA) is 39.4 Å². The molecular weight excluding hydrogens is 334 g/mol. The number of nitrogens with zero attached hydrogens (tertiary/aromatic N) is 3. The van der Waals surface area contributed by atoms with Gasteiger partial charge in [-0.1, -0.05) is 25.4 Å². The van der Waals surface area contributed by atoms with Crippen molar-refractivity contribution in [2.24, 2.45) is 0 Å². The normalized spacial score (nSPS) is 11.5. The predicted octanol–water partition coefficient (Wildman–Crippen LogP) is 5.54. The Labute approximate surface area is 153 Å². The molecule has 0 saturated heterocycles. The highest BCUT2D eigenvalue weighted by atomic mass is 35.5. The van der Waals surface area contributed by atoms with E-state index in [0.717, 1.165) is 57.3 Å². The molecule has 0 aliphatic heterocycles. The SMILES string of the molecule is CCC(CC)Oc1cc(C)nc2c(-c3c(C)cc(Cl)cc3C)cnn12. The van der Waals surface area contributed by atoms with Gasteiger partial charge in [-0.05, 0) is 62.4 Å². The minimum Gasteiger partial charge on any atom is -0.474 e. The molecule has 0 amide bonds. The third-order valence-corrected chi connectivity index (χ3v) is 4.75. The Morgan fingerprint density at radius 3 is 2.32 bits per heavy atom. The van der Waals surface area contributed by atoms with Crippen molar-refractivity contribution >= 4 is 17.2 Å². The Hall–Kier alpha value is -2.07. The van der Waals surface area contributed by atoms with Crippen molar-refractivity contribution < 1.29 is 4.74 Å². The maximum Gasteiger partial charge on any atom is 0.218 e. The number of hydrogen-bond acceptors (Lipinski definition) is 3. The third kappa shape index (κ3) is 3.36. The zero-order valence-corrected chi connectivity index (χ0v) is 16.2. The predicted molar refractivity (Wildman–Crippen MR) is 103 cm³/mol. The summed E-state index contributed by atoms with van der Waals surface area (Å²) in [6.45, 7) is 10.4. The van der Waals surface area contributed by atoms with Crippen LogP contribution in [0.25, 0.3) is 16.8 Å². The molecule has 0 radical (unpaired) electrons. The molecule has 0 aliphatic rings. The molecule has 0 unspecified atom stereocenters. The van der Waals surface area contributed by atoms with E-state index >= 15 is 0 Å². The number of halogens is 1. The van der Waals surface area contributed by atoms with Crippen LogP contribution in [0, 0.1) is 20.8 Å². The monoisotopic (exact) mass is 357 g/mol. The molecule has 5 heteroatoms. The maximum absolute atomic E-state index is 6.19. The average Bonchev–Trinajstić information content (AvgIpc) is 2.95. The molecule has 1 aromatic carbocycles. The molecular formula is C20H24ClN3O. The summed E-state index contributed by atoms with van der Waals surface area (Å²) >= 11 is 6.19. The number of rotatable bonds is 5. The van der Waals surface area contributed by atoms with Crippen molar-refractivity contribution in [3.8, 4) is 17.0 Å². The third-order valence-electron chi connectivity index (χ3n) is 4.53. The summed E-state index contributed by atoms with van der Waals surface area (Å²) in [4.78, 5) is 4.72. The number of aryl methyl sites for hydroxylation is 3. The van der Waals surface area contributed by atoms with Gasteiger partial charge in [0, 0.05) is 22.3 Å². The molecule has 3 aromatic rings. The van der Waals surface area contributed by atoms with Gasteiger partial charge >= 0.3 is 0 Å². The molecule has 0 bridgehead atoms. The first-order valence-corrected chi connectivity index (χ1v) is 9.11. The number of hydrogen-bond donors (Lipinski definition) is 0. The summed E-state index contributed by atoms with van der Waals surface area (Å²) in [5.74, 6) is 0.742. The zero-order valence-electron chi connectivity index (χ0n) is 15.4. The average molecular weight is 358 g/mol. The van der Waals surface area contributed by atoms with E-state index in [4.69, 9.17) is 21.3 Å². The van der Waals surface area contributed by atoms with Crippen LogP contribution in [0.1, 0.15) is 43.5 Å². The Morgan fingerprint density at radius 2 is 1.72 bits per heavy atom. The number of benzene rings is 1. The summed E-state index contributed by atoms with van der Waals surface area (Å²) in [6, 6.07) is 5.90. The van der Waals surface area contributed by atoms with Crippen LogP contribution < -0.4 is 4.74 Å². The van der Waals surface area contributed by atoms with Gasteiger partial charge in [0.15, 0.2) is 5.65 Å². The first kappa shape index (κ1) is 17.7. The second-order valence-electron chi connectivity index (χ2n) is 6.50. The molecule has 2 aromatic heterocycles. The molecule has 3 rings (SSSR count). The van der Waals surface area contributed by atoms with Crippen molar-refractivity contribution in [2.45, 2.75) is 53.6 Å². The lowest BCUT2D eigenvalue weighted by atomic mass is 9.98. The van der Waals surface area contributed by atoms with Gasteiger partial charge in [-0.2, -0.15) is 9.61 Å². The highest BCUT2D eigenvalue weighted by Crippen LogP contribution is 2.33. The van der Waals surface area contributed by atoms with E-state index < -0.39 is 0 Å². The van der Waals surface area contributed by atoms with Gasteiger partial charge in [0.1, 0.15) is 0 Å². The van der Waals surface area contributed by atoms with E-state index in [2.05, 4.69) is 32.8 Å². The summed E-state index contributed by atoms with van der Waals surface area (Å²) in [5, 5.41) is 5.31. The van der Waals surface area contributed by atoms with E-state index in [1.807, 2.05) is 31.3 Å². The second kappa shape index (κ2) is 7.04. The molecule has 0 N–H and O–H groups in total. The lowest BCUT2D eigenvalue weighted by Crippen LogP contribution is -2.16. The second-order valence-corrected chi connectivity index (χ2v) is 6.94. The first-order valence-electron chi connectivity index (χ1n) is 8.73. The molecule has 25 heavy (non-hydrogen) atoms. The van der Waals surface area contributed by atoms with Crippen molar-refractivity contribution in [3.63, 3.8) is 0 Å². The van der Waals surface area contributed by atoms with Crippen LogP contribution in [-0.2, 0) is 0 Å². The van der Waals surface area contributed by atoms with E-state index in [1.165, 1.54) is 0 Å². The molecule has 0 spiro atoms. The molecule has 2 heterocycles. The Kier molecular flexibility index (Phi) is 5.00. The zero-order chi connectivity index (χ0) is 18.1. The molecule has 4 nitrogen and oxygen atoms in total. The van der Waals surface area contributed by atoms with Crippen molar-refractivity contribution in [1.82, 2.24) is 14.6 Å². The quantitative estimate of drug-likeness (QED) is 0.601. The molecule has 132 valence electrons. The minimum atomic E-state index is 0.177. The van der Waals surface area contributed by atoms with Crippen molar-refractivity contribution in [3.05, 3.63) is 46.2 Å². The Morgan fingerprint density at radius 1 is 1.08 bits per heavy atom. The van der Waals surface area contributed by atoms with Gasteiger partial charge in [-0.25, -0.2) is 4.98 Å². The summed E-state index contributed by atoms with van der Waals surface area (Å²) < 4.78 is 7.97. The molecule has 0 saturated carbocycles. The van der Waals surface area contributed by atoms with E-state index in [1.54, 1.807) is 4.52 Å². The van der Waals surface area contributed by atoms with Crippen LogP contribution in [-0.4, -0.2) is 20.7 Å². The fourth-order valence-corrected chi connectivity index (χ4v) is 3.60. The molecule has 0 atom stereocenters. The maximum atomic E-state index is 6.19. The fraction of sp³-hybridized carbons (Fsp3) is 0.400. The smallest absolute Gasteiger partial charge is 0.218 e. The van der Waals surface area contributed by atoms with Crippen LogP contribution in [0.2, 0.25) is 5.02 Å². The van der Waals surface area contributed by atoms with E-state index in [-0.39, 0.29) is 6.10 Å². The standard InChI is InChI=1S/C20H24ClN3O/c1-6-16(7-2)25-18-10-14(5)23-20-17(11-22-24(18)20)19-12(3)8-15(21)9-13(19)4/h8-11,16H,6-7H2,1-5H3. The number of aromatic nitrogens is 3. The Bertz CT molecular complexity index is 890.